The number of hydrogen-bond donors (Lipinski definition) is 2. The number of ether oxygens (including phenoxy) is 1. The van der Waals surface area contributed by atoms with E-state index in [9.17, 15) is 0 Å². The first kappa shape index (κ1) is 16.0. The van der Waals surface area contributed by atoms with Crippen LogP contribution in [0.4, 0.5) is 11.6 Å². The first-order valence-electron chi connectivity index (χ1n) is 8.24. The van der Waals surface area contributed by atoms with Crippen LogP contribution in [0.2, 0.25) is 0 Å². The number of rotatable bonds is 5. The molecular weight excluding hydrogens is 334 g/mol. The summed E-state index contributed by atoms with van der Waals surface area (Å²) in [6.45, 7) is 3.93. The second-order valence-corrected chi connectivity index (χ2v) is 6.92. The summed E-state index contributed by atoms with van der Waals surface area (Å²) < 4.78 is 5.90. The standard InChI is InChI=1S/C18H19N5OS/c1-12-6-13(16-10-20-11-25-16)8-14(7-12)22-18-21-5-3-17(23-18)24-15-2-4-19-9-15/h3,5-8,10-11,15,19H,2,4,9H2,1H3,(H,21,22,23)/t15-/m0/s1. The Kier molecular flexibility index (Phi) is 4.58. The average molecular weight is 353 g/mol. The maximum atomic E-state index is 5.90. The molecule has 0 radical (unpaired) electrons. The Morgan fingerprint density at radius 1 is 1.32 bits per heavy atom. The van der Waals surface area contributed by atoms with Crippen LogP contribution in [0.1, 0.15) is 12.0 Å². The highest BCUT2D eigenvalue weighted by molar-refractivity contribution is 7.13. The summed E-state index contributed by atoms with van der Waals surface area (Å²) in [6.07, 6.45) is 4.78. The number of nitrogens with zero attached hydrogens (tertiary/aromatic N) is 3. The minimum Gasteiger partial charge on any atom is -0.473 e. The zero-order valence-corrected chi connectivity index (χ0v) is 14.7. The van der Waals surface area contributed by atoms with Gasteiger partial charge in [-0.25, -0.2) is 4.98 Å². The Balaban J connectivity index is 1.53. The summed E-state index contributed by atoms with van der Waals surface area (Å²) in [5, 5.41) is 6.56. The molecule has 2 aromatic heterocycles. The highest BCUT2D eigenvalue weighted by Crippen LogP contribution is 2.28. The number of anilines is 2. The Morgan fingerprint density at radius 3 is 3.08 bits per heavy atom. The van der Waals surface area contributed by atoms with Crippen molar-refractivity contribution in [3.8, 4) is 16.3 Å². The van der Waals surface area contributed by atoms with Crippen LogP contribution in [0.3, 0.4) is 0 Å². The number of aryl methyl sites for hydroxylation is 1. The summed E-state index contributed by atoms with van der Waals surface area (Å²) in [7, 11) is 0. The van der Waals surface area contributed by atoms with Crippen LogP contribution >= 0.6 is 11.3 Å². The molecule has 6 nitrogen and oxygen atoms in total. The van der Waals surface area contributed by atoms with Gasteiger partial charge in [-0.3, -0.25) is 4.98 Å². The van der Waals surface area contributed by atoms with Crippen molar-refractivity contribution >= 4 is 23.0 Å². The van der Waals surface area contributed by atoms with E-state index >= 15 is 0 Å². The Bertz CT molecular complexity index is 846. The molecule has 1 atom stereocenters. The summed E-state index contributed by atoms with van der Waals surface area (Å²) in [5.41, 5.74) is 5.09. The van der Waals surface area contributed by atoms with E-state index in [4.69, 9.17) is 4.74 Å². The smallest absolute Gasteiger partial charge is 0.230 e. The van der Waals surface area contributed by atoms with Gasteiger partial charge in [-0.05, 0) is 43.1 Å². The van der Waals surface area contributed by atoms with E-state index in [0.29, 0.717) is 11.8 Å². The monoisotopic (exact) mass is 353 g/mol. The van der Waals surface area contributed by atoms with Gasteiger partial charge in [0.15, 0.2) is 0 Å². The number of aromatic nitrogens is 3. The van der Waals surface area contributed by atoms with Gasteiger partial charge in [-0.1, -0.05) is 6.07 Å². The normalized spacial score (nSPS) is 16.8. The lowest BCUT2D eigenvalue weighted by molar-refractivity contribution is 0.214. The van der Waals surface area contributed by atoms with Crippen molar-refractivity contribution < 1.29 is 4.74 Å². The van der Waals surface area contributed by atoms with Gasteiger partial charge >= 0.3 is 0 Å². The molecule has 0 saturated carbocycles. The van der Waals surface area contributed by atoms with Crippen molar-refractivity contribution in [1.29, 1.82) is 0 Å². The fourth-order valence-electron chi connectivity index (χ4n) is 2.85. The molecule has 3 aromatic rings. The molecular formula is C18H19N5OS. The van der Waals surface area contributed by atoms with Crippen LogP contribution in [0.25, 0.3) is 10.4 Å². The molecule has 1 aliphatic rings. The first-order valence-corrected chi connectivity index (χ1v) is 9.12. The van der Waals surface area contributed by atoms with Gasteiger partial charge in [-0.2, -0.15) is 4.98 Å². The molecule has 0 bridgehead atoms. The average Bonchev–Trinajstić information content (AvgIpc) is 3.28. The minimum atomic E-state index is 0.180. The molecule has 2 N–H and O–H groups in total. The van der Waals surface area contributed by atoms with Crippen molar-refractivity contribution in [1.82, 2.24) is 20.3 Å². The second-order valence-electron chi connectivity index (χ2n) is 6.03. The molecule has 7 heteroatoms. The minimum absolute atomic E-state index is 0.180. The van der Waals surface area contributed by atoms with Crippen molar-refractivity contribution in [3.05, 3.63) is 47.7 Å². The summed E-state index contributed by atoms with van der Waals surface area (Å²) in [6, 6.07) is 8.09. The van der Waals surface area contributed by atoms with Crippen LogP contribution < -0.4 is 15.4 Å². The van der Waals surface area contributed by atoms with E-state index in [2.05, 4.69) is 50.7 Å². The lowest BCUT2D eigenvalue weighted by atomic mass is 10.1. The molecule has 25 heavy (non-hydrogen) atoms. The van der Waals surface area contributed by atoms with Crippen LogP contribution in [-0.4, -0.2) is 34.1 Å². The van der Waals surface area contributed by atoms with E-state index in [1.807, 2.05) is 11.7 Å². The summed E-state index contributed by atoms with van der Waals surface area (Å²) >= 11 is 1.62. The van der Waals surface area contributed by atoms with Crippen molar-refractivity contribution in [3.63, 3.8) is 0 Å². The lowest BCUT2D eigenvalue weighted by Gasteiger charge is -2.13. The van der Waals surface area contributed by atoms with Gasteiger partial charge < -0.3 is 15.4 Å². The van der Waals surface area contributed by atoms with Gasteiger partial charge in [0.25, 0.3) is 0 Å². The Morgan fingerprint density at radius 2 is 2.28 bits per heavy atom. The van der Waals surface area contributed by atoms with Gasteiger partial charge in [-0.15, -0.1) is 11.3 Å². The topological polar surface area (TPSA) is 72.0 Å². The molecule has 0 aliphatic carbocycles. The molecule has 1 fully saturated rings. The second kappa shape index (κ2) is 7.16. The third-order valence-electron chi connectivity index (χ3n) is 3.98. The zero-order chi connectivity index (χ0) is 17.1. The van der Waals surface area contributed by atoms with Crippen LogP contribution in [0.15, 0.2) is 42.2 Å². The Labute approximate surface area is 150 Å². The Hall–Kier alpha value is -2.51. The molecule has 128 valence electrons. The molecule has 0 amide bonds. The van der Waals surface area contributed by atoms with Gasteiger partial charge in [0.1, 0.15) is 6.10 Å². The van der Waals surface area contributed by atoms with E-state index in [0.717, 1.165) is 41.2 Å². The fourth-order valence-corrected chi connectivity index (χ4v) is 3.46. The van der Waals surface area contributed by atoms with E-state index < -0.39 is 0 Å². The SMILES string of the molecule is Cc1cc(Nc2nccc(O[C@H]3CCNC3)n2)cc(-c2cncs2)c1. The number of thiazole rings is 1. The molecule has 0 spiro atoms. The van der Waals surface area contributed by atoms with Crippen molar-refractivity contribution in [2.45, 2.75) is 19.4 Å². The van der Waals surface area contributed by atoms with Crippen molar-refractivity contribution in [2.75, 3.05) is 18.4 Å². The van der Waals surface area contributed by atoms with Crippen molar-refractivity contribution in [2.24, 2.45) is 0 Å². The highest BCUT2D eigenvalue weighted by atomic mass is 32.1. The predicted octanol–water partition coefficient (Wildman–Crippen LogP) is 3.39. The molecule has 0 unspecified atom stereocenters. The fraction of sp³-hybridized carbons (Fsp3) is 0.278. The molecule has 3 heterocycles. The number of benzene rings is 1. The van der Waals surface area contributed by atoms with Gasteiger partial charge in [0.2, 0.25) is 11.8 Å². The van der Waals surface area contributed by atoms with Crippen LogP contribution in [-0.2, 0) is 0 Å². The molecule has 1 aliphatic heterocycles. The summed E-state index contributed by atoms with van der Waals surface area (Å²) in [5.74, 6) is 1.13. The first-order chi connectivity index (χ1) is 12.3. The van der Waals surface area contributed by atoms with E-state index in [1.54, 1.807) is 23.6 Å². The van der Waals surface area contributed by atoms with E-state index in [-0.39, 0.29) is 6.10 Å². The third-order valence-corrected chi connectivity index (χ3v) is 4.81. The number of nitrogens with one attached hydrogen (secondary N) is 2. The molecule has 4 rings (SSSR count). The molecule has 1 aromatic carbocycles. The van der Waals surface area contributed by atoms with Gasteiger partial charge in [0, 0.05) is 30.7 Å². The lowest BCUT2D eigenvalue weighted by Crippen LogP contribution is -2.20. The van der Waals surface area contributed by atoms with Crippen LogP contribution in [0.5, 0.6) is 5.88 Å². The zero-order valence-electron chi connectivity index (χ0n) is 13.9. The van der Waals surface area contributed by atoms with E-state index in [1.165, 1.54) is 0 Å². The van der Waals surface area contributed by atoms with Gasteiger partial charge in [0.05, 0.1) is 10.4 Å². The number of hydrogen-bond acceptors (Lipinski definition) is 7. The largest absolute Gasteiger partial charge is 0.473 e. The predicted molar refractivity (Wildman–Crippen MR) is 99.5 cm³/mol. The highest BCUT2D eigenvalue weighted by Gasteiger charge is 2.16. The molecule has 1 saturated heterocycles. The van der Waals surface area contributed by atoms with Crippen LogP contribution in [0, 0.1) is 6.92 Å². The summed E-state index contributed by atoms with van der Waals surface area (Å²) in [4.78, 5) is 14.1. The third kappa shape index (κ3) is 3.94. The quantitative estimate of drug-likeness (QED) is 0.732. The maximum absolute atomic E-state index is 5.90. The maximum Gasteiger partial charge on any atom is 0.230 e.